The molecule has 0 radical (unpaired) electrons. The van der Waals surface area contributed by atoms with Crippen LogP contribution in [0.1, 0.15) is 17.0 Å². The van der Waals surface area contributed by atoms with Crippen molar-refractivity contribution in [2.75, 3.05) is 7.11 Å². The third-order valence-electron chi connectivity index (χ3n) is 4.94. The molecule has 138 valence electrons. The number of pyridine rings is 1. The van der Waals surface area contributed by atoms with Crippen molar-refractivity contribution in [1.82, 2.24) is 19.9 Å². The van der Waals surface area contributed by atoms with Crippen LogP contribution in [-0.2, 0) is 20.1 Å². The lowest BCUT2D eigenvalue weighted by Gasteiger charge is -2.07. The van der Waals surface area contributed by atoms with Crippen molar-refractivity contribution in [2.24, 2.45) is 7.05 Å². The first-order chi connectivity index (χ1) is 13.0. The predicted octanol–water partition coefficient (Wildman–Crippen LogP) is 3.02. The molecular formula is C21H22N4O2. The van der Waals surface area contributed by atoms with Crippen molar-refractivity contribution in [3.8, 4) is 5.75 Å². The van der Waals surface area contributed by atoms with Gasteiger partial charge in [0.15, 0.2) is 0 Å². The Morgan fingerprint density at radius 3 is 2.81 bits per heavy atom. The molecule has 4 rings (SSSR count). The van der Waals surface area contributed by atoms with E-state index in [9.17, 15) is 4.79 Å². The molecule has 6 nitrogen and oxygen atoms in total. The van der Waals surface area contributed by atoms with Crippen molar-refractivity contribution in [3.63, 3.8) is 0 Å². The second kappa shape index (κ2) is 6.89. The molecule has 6 heteroatoms. The Balaban J connectivity index is 1.51. The average Bonchev–Trinajstić information content (AvgIpc) is 2.95. The summed E-state index contributed by atoms with van der Waals surface area (Å²) in [4.78, 5) is 19.8. The predicted molar refractivity (Wildman–Crippen MR) is 107 cm³/mol. The van der Waals surface area contributed by atoms with Gasteiger partial charge in [-0.25, -0.2) is 4.98 Å². The Morgan fingerprint density at radius 1 is 1.15 bits per heavy atom. The number of hydrogen-bond donors (Lipinski definition) is 2. The first kappa shape index (κ1) is 17.3. The molecule has 0 aliphatic rings. The third kappa shape index (κ3) is 3.31. The molecule has 2 aromatic carbocycles. The summed E-state index contributed by atoms with van der Waals surface area (Å²) in [7, 11) is 3.65. The summed E-state index contributed by atoms with van der Waals surface area (Å²) >= 11 is 0. The van der Waals surface area contributed by atoms with Crippen LogP contribution in [0.3, 0.4) is 0 Å². The molecule has 0 atom stereocenters. The number of hydrogen-bond acceptors (Lipinski definition) is 4. The molecule has 4 aromatic rings. The van der Waals surface area contributed by atoms with Gasteiger partial charge in [0, 0.05) is 36.6 Å². The van der Waals surface area contributed by atoms with Gasteiger partial charge in [-0.15, -0.1) is 0 Å². The number of aromatic nitrogens is 3. The largest absolute Gasteiger partial charge is 0.497 e. The second-order valence-corrected chi connectivity index (χ2v) is 6.72. The van der Waals surface area contributed by atoms with Gasteiger partial charge < -0.3 is 19.6 Å². The van der Waals surface area contributed by atoms with E-state index in [-0.39, 0.29) is 5.56 Å². The van der Waals surface area contributed by atoms with Crippen LogP contribution < -0.4 is 15.6 Å². The van der Waals surface area contributed by atoms with E-state index in [1.807, 2.05) is 38.2 Å². The number of aromatic amines is 1. The summed E-state index contributed by atoms with van der Waals surface area (Å²) in [6.07, 6.45) is 0. The van der Waals surface area contributed by atoms with Crippen LogP contribution in [0.2, 0.25) is 0 Å². The molecule has 0 aliphatic heterocycles. The van der Waals surface area contributed by atoms with E-state index in [4.69, 9.17) is 4.74 Å². The van der Waals surface area contributed by atoms with Gasteiger partial charge in [-0.05, 0) is 48.9 Å². The van der Waals surface area contributed by atoms with Crippen LogP contribution in [0.4, 0.5) is 0 Å². The smallest absolute Gasteiger partial charge is 0.252 e. The highest BCUT2D eigenvalue weighted by Crippen LogP contribution is 2.19. The molecule has 2 heterocycles. The van der Waals surface area contributed by atoms with Crippen LogP contribution in [-0.4, -0.2) is 21.6 Å². The highest BCUT2D eigenvalue weighted by Gasteiger charge is 2.06. The molecule has 0 unspecified atom stereocenters. The SMILES string of the molecule is COc1ccc2[nH]c(=O)c(CNCc3ccc4c(c3)nc(C)n4C)cc2c1. The number of methoxy groups -OCH3 is 1. The Labute approximate surface area is 156 Å². The van der Waals surface area contributed by atoms with E-state index in [0.29, 0.717) is 18.7 Å². The number of fused-ring (bicyclic) bond motifs is 2. The van der Waals surface area contributed by atoms with Crippen molar-refractivity contribution < 1.29 is 4.74 Å². The standard InChI is InChI=1S/C21H22N4O2/c1-13-23-19-8-14(4-7-20(19)25(13)2)11-22-12-16-9-15-10-17(27-3)5-6-18(15)24-21(16)26/h4-10,22H,11-12H2,1-3H3,(H,24,26). The van der Waals surface area contributed by atoms with E-state index >= 15 is 0 Å². The van der Waals surface area contributed by atoms with Crippen LogP contribution in [0.25, 0.3) is 21.9 Å². The van der Waals surface area contributed by atoms with Gasteiger partial charge in [-0.3, -0.25) is 4.79 Å². The Hall–Kier alpha value is -3.12. The minimum Gasteiger partial charge on any atom is -0.497 e. The molecule has 0 spiro atoms. The normalized spacial score (nSPS) is 11.4. The lowest BCUT2D eigenvalue weighted by atomic mass is 10.1. The fraction of sp³-hybridized carbons (Fsp3) is 0.238. The maximum atomic E-state index is 12.3. The van der Waals surface area contributed by atoms with Crippen molar-refractivity contribution >= 4 is 21.9 Å². The summed E-state index contributed by atoms with van der Waals surface area (Å²) < 4.78 is 7.34. The van der Waals surface area contributed by atoms with Gasteiger partial charge in [0.05, 0.1) is 18.1 Å². The highest BCUT2D eigenvalue weighted by atomic mass is 16.5. The zero-order valence-electron chi connectivity index (χ0n) is 15.7. The average molecular weight is 362 g/mol. The fourth-order valence-corrected chi connectivity index (χ4v) is 3.31. The lowest BCUT2D eigenvalue weighted by Crippen LogP contribution is -2.20. The van der Waals surface area contributed by atoms with Gasteiger partial charge in [0.25, 0.3) is 5.56 Å². The number of benzene rings is 2. The van der Waals surface area contributed by atoms with Crippen molar-refractivity contribution in [2.45, 2.75) is 20.0 Å². The molecule has 0 saturated heterocycles. The number of aryl methyl sites for hydroxylation is 2. The van der Waals surface area contributed by atoms with Crippen LogP contribution in [0, 0.1) is 6.92 Å². The van der Waals surface area contributed by atoms with Gasteiger partial charge in [-0.2, -0.15) is 0 Å². The quantitative estimate of drug-likeness (QED) is 0.572. The molecule has 0 amide bonds. The molecule has 0 fully saturated rings. The van der Waals surface area contributed by atoms with E-state index < -0.39 is 0 Å². The number of H-pyrrole nitrogens is 1. The van der Waals surface area contributed by atoms with Crippen molar-refractivity contribution in [1.29, 1.82) is 0 Å². The molecular weight excluding hydrogens is 340 g/mol. The fourth-order valence-electron chi connectivity index (χ4n) is 3.31. The van der Waals surface area contributed by atoms with Gasteiger partial charge in [0.2, 0.25) is 0 Å². The number of ether oxygens (including phenoxy) is 1. The van der Waals surface area contributed by atoms with Gasteiger partial charge in [0.1, 0.15) is 11.6 Å². The Kier molecular flexibility index (Phi) is 4.41. The number of imidazole rings is 1. The van der Waals surface area contributed by atoms with E-state index in [1.165, 1.54) is 0 Å². The number of nitrogens with one attached hydrogen (secondary N) is 2. The maximum absolute atomic E-state index is 12.3. The minimum absolute atomic E-state index is 0.0732. The summed E-state index contributed by atoms with van der Waals surface area (Å²) in [6, 6.07) is 13.8. The lowest BCUT2D eigenvalue weighted by molar-refractivity contribution is 0.415. The minimum atomic E-state index is -0.0732. The Morgan fingerprint density at radius 2 is 2.00 bits per heavy atom. The summed E-state index contributed by atoms with van der Waals surface area (Å²) in [5, 5.41) is 4.31. The second-order valence-electron chi connectivity index (χ2n) is 6.72. The molecule has 27 heavy (non-hydrogen) atoms. The van der Waals surface area contributed by atoms with Gasteiger partial charge >= 0.3 is 0 Å². The molecule has 2 N–H and O–H groups in total. The Bertz CT molecular complexity index is 1190. The monoisotopic (exact) mass is 362 g/mol. The summed E-state index contributed by atoms with van der Waals surface area (Å²) in [5.74, 6) is 1.76. The maximum Gasteiger partial charge on any atom is 0.252 e. The van der Waals surface area contributed by atoms with E-state index in [0.717, 1.165) is 39.1 Å². The molecule has 0 saturated carbocycles. The van der Waals surface area contributed by atoms with Gasteiger partial charge in [-0.1, -0.05) is 6.07 Å². The highest BCUT2D eigenvalue weighted by molar-refractivity contribution is 5.80. The summed E-state index contributed by atoms with van der Waals surface area (Å²) in [6.45, 7) is 3.15. The van der Waals surface area contributed by atoms with Crippen LogP contribution in [0.5, 0.6) is 5.75 Å². The first-order valence-electron chi connectivity index (χ1n) is 8.88. The number of nitrogens with zero attached hydrogens (tertiary/aromatic N) is 2. The zero-order chi connectivity index (χ0) is 19.0. The van der Waals surface area contributed by atoms with Crippen LogP contribution >= 0.6 is 0 Å². The third-order valence-corrected chi connectivity index (χ3v) is 4.94. The molecule has 0 aliphatic carbocycles. The van der Waals surface area contributed by atoms with E-state index in [1.54, 1.807) is 7.11 Å². The van der Waals surface area contributed by atoms with E-state index in [2.05, 4.69) is 38.1 Å². The zero-order valence-corrected chi connectivity index (χ0v) is 15.7. The van der Waals surface area contributed by atoms with Crippen LogP contribution in [0.15, 0.2) is 47.3 Å². The first-order valence-corrected chi connectivity index (χ1v) is 8.88. The summed E-state index contributed by atoms with van der Waals surface area (Å²) in [5.41, 5.74) is 4.68. The van der Waals surface area contributed by atoms with Crippen molar-refractivity contribution in [3.05, 3.63) is 69.8 Å². The molecule has 0 bridgehead atoms. The number of rotatable bonds is 5. The molecule has 2 aromatic heterocycles. The topological polar surface area (TPSA) is 71.9 Å².